The highest BCUT2D eigenvalue weighted by Gasteiger charge is 2.30. The van der Waals surface area contributed by atoms with Crippen LogP contribution in [0, 0.1) is 0 Å². The predicted octanol–water partition coefficient (Wildman–Crippen LogP) is -3.55. The zero-order valence-corrected chi connectivity index (χ0v) is 12.5. The van der Waals surface area contributed by atoms with Crippen LogP contribution in [-0.2, 0) is 14.4 Å². The Kier molecular flexibility index (Phi) is 9.26. The molecule has 0 radical (unpaired) electrons. The van der Waals surface area contributed by atoms with Gasteiger partial charge in [-0.1, -0.05) is 0 Å². The van der Waals surface area contributed by atoms with E-state index >= 15 is 0 Å². The first-order valence-corrected chi connectivity index (χ1v) is 6.91. The minimum absolute atomic E-state index is 0.0221. The second-order valence-electron chi connectivity index (χ2n) is 4.89. The standard InChI is InChI=1S/C12H25N5O5/c1-6(18)9(17-10(19)7(15)2-4-13)11(20)16-8(3-5-14)12(21)22/h6-9,18H,2-5,13-15H2,1H3,(H,16,20)(H,17,19)(H,21,22)/t6-,7+,8+,9+/m1/s1. The highest BCUT2D eigenvalue weighted by molar-refractivity contribution is 5.92. The van der Waals surface area contributed by atoms with Crippen LogP contribution in [0.5, 0.6) is 0 Å². The van der Waals surface area contributed by atoms with Crippen LogP contribution in [0.1, 0.15) is 19.8 Å². The van der Waals surface area contributed by atoms with E-state index in [0.717, 1.165) is 0 Å². The van der Waals surface area contributed by atoms with Crippen molar-refractivity contribution in [2.75, 3.05) is 13.1 Å². The average molecular weight is 319 g/mol. The van der Waals surface area contributed by atoms with E-state index in [0.29, 0.717) is 0 Å². The number of carbonyl (C=O) groups is 3. The van der Waals surface area contributed by atoms with Crippen molar-refractivity contribution >= 4 is 17.8 Å². The van der Waals surface area contributed by atoms with Gasteiger partial charge in [-0.05, 0) is 32.9 Å². The molecule has 10 N–H and O–H groups in total. The SMILES string of the molecule is C[C@@H](O)[C@H](NC(=O)[C@@H](N)CCN)C(=O)N[C@@H](CCN)C(=O)O. The molecule has 0 saturated carbocycles. The Hall–Kier alpha value is -1.75. The Morgan fingerprint density at radius 2 is 1.59 bits per heavy atom. The number of aliphatic hydroxyl groups excluding tert-OH is 1. The van der Waals surface area contributed by atoms with Crippen LogP contribution in [0.2, 0.25) is 0 Å². The fourth-order valence-electron chi connectivity index (χ4n) is 1.66. The summed E-state index contributed by atoms with van der Waals surface area (Å²) in [6.45, 7) is 1.54. The van der Waals surface area contributed by atoms with Crippen LogP contribution in [0.4, 0.5) is 0 Å². The van der Waals surface area contributed by atoms with Crippen molar-refractivity contribution in [3.63, 3.8) is 0 Å². The van der Waals surface area contributed by atoms with Gasteiger partial charge in [0, 0.05) is 0 Å². The first kappa shape index (κ1) is 20.2. The average Bonchev–Trinajstić information content (AvgIpc) is 2.43. The van der Waals surface area contributed by atoms with Gasteiger partial charge in [0.1, 0.15) is 12.1 Å². The molecule has 10 heteroatoms. The molecule has 0 aromatic carbocycles. The molecule has 2 amide bonds. The normalized spacial score (nSPS) is 16.2. The quantitative estimate of drug-likeness (QED) is 0.215. The molecule has 0 saturated heterocycles. The number of nitrogens with one attached hydrogen (secondary N) is 2. The monoisotopic (exact) mass is 319 g/mol. The highest BCUT2D eigenvalue weighted by Crippen LogP contribution is 1.99. The third-order valence-corrected chi connectivity index (χ3v) is 2.95. The zero-order chi connectivity index (χ0) is 17.3. The lowest BCUT2D eigenvalue weighted by atomic mass is 10.1. The smallest absolute Gasteiger partial charge is 0.326 e. The first-order chi connectivity index (χ1) is 10.2. The van der Waals surface area contributed by atoms with Gasteiger partial charge in [-0.25, -0.2) is 4.79 Å². The Labute approximate surface area is 128 Å². The maximum absolute atomic E-state index is 12.0. The van der Waals surface area contributed by atoms with E-state index in [2.05, 4.69) is 10.6 Å². The molecule has 0 aromatic heterocycles. The molecule has 0 aromatic rings. The third kappa shape index (κ3) is 6.80. The van der Waals surface area contributed by atoms with Crippen molar-refractivity contribution in [1.82, 2.24) is 10.6 Å². The van der Waals surface area contributed by atoms with Gasteiger partial charge in [-0.3, -0.25) is 9.59 Å². The van der Waals surface area contributed by atoms with Crippen molar-refractivity contribution in [1.29, 1.82) is 0 Å². The number of carbonyl (C=O) groups excluding carboxylic acids is 2. The molecule has 0 bridgehead atoms. The number of nitrogens with two attached hydrogens (primary N) is 3. The summed E-state index contributed by atoms with van der Waals surface area (Å²) in [5, 5.41) is 23.1. The molecule has 128 valence electrons. The van der Waals surface area contributed by atoms with E-state index in [4.69, 9.17) is 22.3 Å². The van der Waals surface area contributed by atoms with Crippen LogP contribution in [0.3, 0.4) is 0 Å². The fourth-order valence-corrected chi connectivity index (χ4v) is 1.66. The number of carboxylic acid groups (broad SMARTS) is 1. The van der Waals surface area contributed by atoms with Gasteiger partial charge >= 0.3 is 5.97 Å². The Bertz CT molecular complexity index is 390. The van der Waals surface area contributed by atoms with E-state index < -0.39 is 42.0 Å². The maximum atomic E-state index is 12.0. The van der Waals surface area contributed by atoms with Gasteiger partial charge in [0.05, 0.1) is 12.1 Å². The van der Waals surface area contributed by atoms with E-state index in [-0.39, 0.29) is 25.9 Å². The molecule has 0 rings (SSSR count). The summed E-state index contributed by atoms with van der Waals surface area (Å²) in [4.78, 5) is 34.8. The topological polar surface area (TPSA) is 194 Å². The fraction of sp³-hybridized carbons (Fsp3) is 0.750. The molecular weight excluding hydrogens is 294 g/mol. The summed E-state index contributed by atoms with van der Waals surface area (Å²) in [6, 6.07) is -3.44. The molecule has 0 heterocycles. The van der Waals surface area contributed by atoms with Gasteiger partial charge < -0.3 is 38.0 Å². The largest absolute Gasteiger partial charge is 0.480 e. The minimum atomic E-state index is -1.32. The number of aliphatic carboxylic acids is 1. The summed E-state index contributed by atoms with van der Waals surface area (Å²) in [5.74, 6) is -2.74. The van der Waals surface area contributed by atoms with Crippen molar-refractivity contribution in [2.24, 2.45) is 17.2 Å². The number of aliphatic hydroxyl groups is 1. The van der Waals surface area contributed by atoms with Gasteiger partial charge in [0.15, 0.2) is 0 Å². The van der Waals surface area contributed by atoms with E-state index in [1.807, 2.05) is 0 Å². The van der Waals surface area contributed by atoms with Crippen LogP contribution in [0.15, 0.2) is 0 Å². The molecule has 0 fully saturated rings. The van der Waals surface area contributed by atoms with Crippen LogP contribution >= 0.6 is 0 Å². The lowest BCUT2D eigenvalue weighted by molar-refractivity contribution is -0.143. The minimum Gasteiger partial charge on any atom is -0.480 e. The number of hydrogen-bond donors (Lipinski definition) is 7. The number of amides is 2. The lowest BCUT2D eigenvalue weighted by Gasteiger charge is -2.24. The lowest BCUT2D eigenvalue weighted by Crippen LogP contribution is -2.58. The molecule has 0 aliphatic heterocycles. The molecule has 22 heavy (non-hydrogen) atoms. The van der Waals surface area contributed by atoms with E-state index in [1.54, 1.807) is 0 Å². The van der Waals surface area contributed by atoms with Gasteiger partial charge in [0.2, 0.25) is 11.8 Å². The number of rotatable bonds is 10. The van der Waals surface area contributed by atoms with Crippen LogP contribution in [0.25, 0.3) is 0 Å². The molecule has 0 unspecified atom stereocenters. The Morgan fingerprint density at radius 1 is 1.05 bits per heavy atom. The second-order valence-corrected chi connectivity index (χ2v) is 4.89. The van der Waals surface area contributed by atoms with Crippen molar-refractivity contribution in [3.05, 3.63) is 0 Å². The summed E-state index contributed by atoms with van der Waals surface area (Å²) < 4.78 is 0. The molecule has 10 nitrogen and oxygen atoms in total. The summed E-state index contributed by atoms with van der Waals surface area (Å²) in [5.41, 5.74) is 16.1. The molecular formula is C12H25N5O5. The van der Waals surface area contributed by atoms with Crippen molar-refractivity contribution in [2.45, 2.75) is 44.0 Å². The highest BCUT2D eigenvalue weighted by atomic mass is 16.4. The van der Waals surface area contributed by atoms with Gasteiger partial charge in [-0.15, -0.1) is 0 Å². The van der Waals surface area contributed by atoms with Crippen LogP contribution < -0.4 is 27.8 Å². The number of hydrogen-bond acceptors (Lipinski definition) is 7. The first-order valence-electron chi connectivity index (χ1n) is 6.91. The molecule has 0 aliphatic rings. The molecule has 0 aliphatic carbocycles. The maximum Gasteiger partial charge on any atom is 0.326 e. The summed E-state index contributed by atoms with van der Waals surface area (Å²) in [7, 11) is 0. The third-order valence-electron chi connectivity index (χ3n) is 2.95. The second kappa shape index (κ2) is 10.1. The van der Waals surface area contributed by atoms with Crippen molar-refractivity contribution in [3.8, 4) is 0 Å². The van der Waals surface area contributed by atoms with E-state index in [9.17, 15) is 19.5 Å². The van der Waals surface area contributed by atoms with E-state index in [1.165, 1.54) is 6.92 Å². The Morgan fingerprint density at radius 3 is 2.00 bits per heavy atom. The van der Waals surface area contributed by atoms with Crippen LogP contribution in [-0.4, -0.2) is 65.3 Å². The van der Waals surface area contributed by atoms with Crippen molar-refractivity contribution < 1.29 is 24.6 Å². The molecule has 0 spiro atoms. The predicted molar refractivity (Wildman–Crippen MR) is 78.5 cm³/mol. The summed E-state index contributed by atoms with van der Waals surface area (Å²) in [6.07, 6.45) is -1.000. The Balaban J connectivity index is 4.83. The summed E-state index contributed by atoms with van der Waals surface area (Å²) >= 11 is 0. The zero-order valence-electron chi connectivity index (χ0n) is 12.5. The van der Waals surface area contributed by atoms with Gasteiger partial charge in [0.25, 0.3) is 0 Å². The van der Waals surface area contributed by atoms with Gasteiger partial charge in [-0.2, -0.15) is 0 Å². The molecule has 4 atom stereocenters. The number of carboxylic acids is 1.